The first kappa shape index (κ1) is 13.1. The number of rotatable bonds is 4. The van der Waals surface area contributed by atoms with Gasteiger partial charge in [0.2, 0.25) is 0 Å². The Balaban J connectivity index is 2.18. The molecule has 3 heteroatoms. The Kier molecular flexibility index (Phi) is 4.79. The van der Waals surface area contributed by atoms with Crippen molar-refractivity contribution in [3.63, 3.8) is 0 Å². The van der Waals surface area contributed by atoms with Crippen LogP contribution in [0.5, 0.6) is 5.75 Å². The molecule has 1 atom stereocenters. The second-order valence-corrected chi connectivity index (χ2v) is 4.75. The Morgan fingerprint density at radius 1 is 1.17 bits per heavy atom. The average molecular weight is 246 g/mol. The molecule has 1 aromatic carbocycles. The monoisotopic (exact) mass is 246 g/mol. The summed E-state index contributed by atoms with van der Waals surface area (Å²) in [6.07, 6.45) is 8.54. The van der Waals surface area contributed by atoms with Gasteiger partial charge in [0.05, 0.1) is 13.2 Å². The van der Waals surface area contributed by atoms with Crippen LogP contribution in [0.25, 0.3) is 0 Å². The van der Waals surface area contributed by atoms with E-state index in [2.05, 4.69) is 23.6 Å². The Hall–Kier alpha value is -1.32. The molecule has 0 fully saturated rings. The normalized spacial score (nSPS) is 17.8. The standard InChI is InChI=1S/C15H22N2O/c1-18-14-10-8-13(9-11-14)15(17-16)12-6-4-2-3-5-7-12/h6,8-11,15,17H,2-5,7,16H2,1H3. The quantitative estimate of drug-likeness (QED) is 0.487. The number of benzene rings is 1. The highest BCUT2D eigenvalue weighted by molar-refractivity contribution is 5.33. The topological polar surface area (TPSA) is 47.3 Å². The summed E-state index contributed by atoms with van der Waals surface area (Å²) in [7, 11) is 1.68. The summed E-state index contributed by atoms with van der Waals surface area (Å²) < 4.78 is 5.18. The molecule has 98 valence electrons. The van der Waals surface area contributed by atoms with E-state index in [0.29, 0.717) is 0 Å². The van der Waals surface area contributed by atoms with Crippen LogP contribution in [0.4, 0.5) is 0 Å². The molecule has 0 radical (unpaired) electrons. The molecule has 0 aromatic heterocycles. The third-order valence-corrected chi connectivity index (χ3v) is 3.56. The van der Waals surface area contributed by atoms with Crippen molar-refractivity contribution in [3.8, 4) is 5.75 Å². The number of ether oxygens (including phenoxy) is 1. The maximum atomic E-state index is 5.74. The number of nitrogens with one attached hydrogen (secondary N) is 1. The van der Waals surface area contributed by atoms with Gasteiger partial charge in [-0.05, 0) is 43.4 Å². The first-order chi connectivity index (χ1) is 8.85. The van der Waals surface area contributed by atoms with Crippen LogP contribution in [0.15, 0.2) is 35.9 Å². The molecule has 3 N–H and O–H groups in total. The second kappa shape index (κ2) is 6.57. The SMILES string of the molecule is COc1ccc(C(NN)C2=CCCCCC2)cc1. The zero-order chi connectivity index (χ0) is 12.8. The van der Waals surface area contributed by atoms with Gasteiger partial charge < -0.3 is 4.74 Å². The second-order valence-electron chi connectivity index (χ2n) is 4.75. The molecule has 3 nitrogen and oxygen atoms in total. The molecule has 1 aliphatic rings. The zero-order valence-corrected chi connectivity index (χ0v) is 11.0. The Morgan fingerprint density at radius 3 is 2.61 bits per heavy atom. The van der Waals surface area contributed by atoms with Crippen molar-refractivity contribution < 1.29 is 4.74 Å². The molecule has 0 saturated carbocycles. The number of hydrogen-bond acceptors (Lipinski definition) is 3. The lowest BCUT2D eigenvalue weighted by Gasteiger charge is -2.20. The van der Waals surface area contributed by atoms with E-state index in [1.165, 1.54) is 36.8 Å². The Labute approximate surface area is 109 Å². The summed E-state index contributed by atoms with van der Waals surface area (Å²) in [4.78, 5) is 0. The van der Waals surface area contributed by atoms with Crippen molar-refractivity contribution in [2.45, 2.75) is 38.1 Å². The summed E-state index contributed by atoms with van der Waals surface area (Å²) in [6.45, 7) is 0. The van der Waals surface area contributed by atoms with E-state index in [1.54, 1.807) is 7.11 Å². The number of nitrogens with two attached hydrogens (primary N) is 1. The average Bonchev–Trinajstić information content (AvgIpc) is 2.70. The predicted octanol–water partition coefficient (Wildman–Crippen LogP) is 3.09. The van der Waals surface area contributed by atoms with Gasteiger partial charge in [0.15, 0.2) is 0 Å². The van der Waals surface area contributed by atoms with Crippen molar-refractivity contribution in [1.82, 2.24) is 5.43 Å². The van der Waals surface area contributed by atoms with E-state index in [9.17, 15) is 0 Å². The fourth-order valence-corrected chi connectivity index (χ4v) is 2.52. The molecule has 0 aliphatic heterocycles. The minimum absolute atomic E-state index is 0.133. The van der Waals surface area contributed by atoms with Crippen LogP contribution in [0.3, 0.4) is 0 Å². The molecule has 1 aromatic rings. The van der Waals surface area contributed by atoms with Crippen LogP contribution < -0.4 is 16.0 Å². The molecular formula is C15H22N2O. The molecular weight excluding hydrogens is 224 g/mol. The van der Waals surface area contributed by atoms with E-state index >= 15 is 0 Å². The van der Waals surface area contributed by atoms with Crippen molar-refractivity contribution in [1.29, 1.82) is 0 Å². The molecule has 0 spiro atoms. The maximum absolute atomic E-state index is 5.74. The first-order valence-electron chi connectivity index (χ1n) is 6.64. The lowest BCUT2D eigenvalue weighted by atomic mass is 9.95. The van der Waals surface area contributed by atoms with Crippen molar-refractivity contribution in [2.75, 3.05) is 7.11 Å². The van der Waals surface area contributed by atoms with E-state index in [0.717, 1.165) is 12.2 Å². The summed E-state index contributed by atoms with van der Waals surface area (Å²) in [5, 5.41) is 0. The van der Waals surface area contributed by atoms with Crippen LogP contribution in [-0.2, 0) is 0 Å². The third kappa shape index (κ3) is 3.12. The van der Waals surface area contributed by atoms with Crippen LogP contribution >= 0.6 is 0 Å². The van der Waals surface area contributed by atoms with E-state index in [-0.39, 0.29) is 6.04 Å². The van der Waals surface area contributed by atoms with Gasteiger partial charge in [0, 0.05) is 0 Å². The van der Waals surface area contributed by atoms with E-state index in [4.69, 9.17) is 10.6 Å². The van der Waals surface area contributed by atoms with E-state index < -0.39 is 0 Å². The molecule has 18 heavy (non-hydrogen) atoms. The lowest BCUT2D eigenvalue weighted by Crippen LogP contribution is -2.29. The van der Waals surface area contributed by atoms with Crippen molar-refractivity contribution in [2.24, 2.45) is 5.84 Å². The van der Waals surface area contributed by atoms with Crippen LogP contribution in [-0.4, -0.2) is 7.11 Å². The fraction of sp³-hybridized carbons (Fsp3) is 0.467. The maximum Gasteiger partial charge on any atom is 0.118 e. The summed E-state index contributed by atoms with van der Waals surface area (Å²) in [5.41, 5.74) is 5.56. The molecule has 0 bridgehead atoms. The number of hydrogen-bond donors (Lipinski definition) is 2. The highest BCUT2D eigenvalue weighted by Gasteiger charge is 2.16. The van der Waals surface area contributed by atoms with Gasteiger partial charge in [-0.1, -0.05) is 30.2 Å². The third-order valence-electron chi connectivity index (χ3n) is 3.56. The van der Waals surface area contributed by atoms with Crippen LogP contribution in [0.2, 0.25) is 0 Å². The van der Waals surface area contributed by atoms with Gasteiger partial charge >= 0.3 is 0 Å². The molecule has 1 aliphatic carbocycles. The smallest absolute Gasteiger partial charge is 0.118 e. The fourth-order valence-electron chi connectivity index (χ4n) is 2.52. The van der Waals surface area contributed by atoms with Crippen LogP contribution in [0, 0.1) is 0 Å². The van der Waals surface area contributed by atoms with Gasteiger partial charge in [-0.3, -0.25) is 5.84 Å². The zero-order valence-electron chi connectivity index (χ0n) is 11.0. The van der Waals surface area contributed by atoms with Gasteiger partial charge in [0.25, 0.3) is 0 Å². The summed E-state index contributed by atoms with van der Waals surface area (Å²) in [5.74, 6) is 6.61. The molecule has 0 amide bonds. The molecule has 2 rings (SSSR count). The summed E-state index contributed by atoms with van der Waals surface area (Å²) in [6, 6.07) is 8.26. The molecule has 1 unspecified atom stereocenters. The van der Waals surface area contributed by atoms with Gasteiger partial charge in [0.1, 0.15) is 5.75 Å². The predicted molar refractivity (Wildman–Crippen MR) is 74.2 cm³/mol. The lowest BCUT2D eigenvalue weighted by molar-refractivity contribution is 0.414. The van der Waals surface area contributed by atoms with Crippen LogP contribution in [0.1, 0.15) is 43.7 Å². The van der Waals surface area contributed by atoms with E-state index in [1.807, 2.05) is 12.1 Å². The minimum Gasteiger partial charge on any atom is -0.497 e. The van der Waals surface area contributed by atoms with Gasteiger partial charge in [-0.15, -0.1) is 0 Å². The molecule has 0 heterocycles. The number of allylic oxidation sites excluding steroid dienone is 1. The molecule has 0 saturated heterocycles. The number of methoxy groups -OCH3 is 1. The first-order valence-corrected chi connectivity index (χ1v) is 6.64. The Bertz CT molecular complexity index is 397. The van der Waals surface area contributed by atoms with Gasteiger partial charge in [-0.25, -0.2) is 5.43 Å². The highest BCUT2D eigenvalue weighted by atomic mass is 16.5. The highest BCUT2D eigenvalue weighted by Crippen LogP contribution is 2.29. The largest absolute Gasteiger partial charge is 0.497 e. The Morgan fingerprint density at radius 2 is 1.94 bits per heavy atom. The van der Waals surface area contributed by atoms with Gasteiger partial charge in [-0.2, -0.15) is 0 Å². The van der Waals surface area contributed by atoms with Crippen molar-refractivity contribution in [3.05, 3.63) is 41.5 Å². The number of hydrazine groups is 1. The summed E-state index contributed by atoms with van der Waals surface area (Å²) >= 11 is 0. The van der Waals surface area contributed by atoms with Crippen molar-refractivity contribution >= 4 is 0 Å². The minimum atomic E-state index is 0.133.